The molecule has 100 valence electrons. The highest BCUT2D eigenvalue weighted by molar-refractivity contribution is 7.90. The number of aliphatic hydroxyl groups is 1. The van der Waals surface area contributed by atoms with Gasteiger partial charge in [0.05, 0.1) is 7.11 Å². The number of ether oxygens (including phenoxy) is 1. The molecule has 1 rings (SSSR count). The van der Waals surface area contributed by atoms with Crippen LogP contribution in [0.2, 0.25) is 0 Å². The number of rotatable bonds is 6. The van der Waals surface area contributed by atoms with Gasteiger partial charge in [0.1, 0.15) is 0 Å². The summed E-state index contributed by atoms with van der Waals surface area (Å²) >= 11 is 0. The lowest BCUT2D eigenvalue weighted by atomic mass is 9.88. The molecule has 0 amide bonds. The molecular weight excluding hydrogens is 246 g/mol. The van der Waals surface area contributed by atoms with Crippen LogP contribution in [0.1, 0.15) is 25.7 Å². The van der Waals surface area contributed by atoms with Crippen molar-refractivity contribution in [1.82, 2.24) is 4.72 Å². The predicted molar refractivity (Wildman–Crippen MR) is 61.8 cm³/mol. The zero-order valence-corrected chi connectivity index (χ0v) is 10.8. The molecule has 0 aliphatic heterocycles. The van der Waals surface area contributed by atoms with Crippen LogP contribution in [0.25, 0.3) is 0 Å². The topological polar surface area (TPSA) is 92.7 Å². The summed E-state index contributed by atoms with van der Waals surface area (Å²) in [4.78, 5) is 10.9. The molecule has 0 aromatic heterocycles. The zero-order chi connectivity index (χ0) is 12.9. The summed E-state index contributed by atoms with van der Waals surface area (Å²) < 4.78 is 29.7. The molecule has 0 unspecified atom stereocenters. The fourth-order valence-electron chi connectivity index (χ4n) is 2.04. The second-order valence-corrected chi connectivity index (χ2v) is 6.33. The summed E-state index contributed by atoms with van der Waals surface area (Å²) in [5.74, 6) is -1.47. The second kappa shape index (κ2) is 5.79. The summed E-state index contributed by atoms with van der Waals surface area (Å²) in [5, 5.41) is 9.31. The number of nitrogens with one attached hydrogen (secondary N) is 1. The van der Waals surface area contributed by atoms with E-state index in [0.717, 1.165) is 32.8 Å². The van der Waals surface area contributed by atoms with E-state index in [1.165, 1.54) is 0 Å². The van der Waals surface area contributed by atoms with E-state index in [1.54, 1.807) is 0 Å². The molecule has 17 heavy (non-hydrogen) atoms. The standard InChI is InChI=1S/C10H19NO5S/c1-16-9(13)6-17(14,15)11-7-10(8-12)4-2-3-5-10/h11-12H,2-8H2,1H3. The third-order valence-electron chi connectivity index (χ3n) is 3.20. The summed E-state index contributed by atoms with van der Waals surface area (Å²) in [6.45, 7) is 0.149. The van der Waals surface area contributed by atoms with Crippen LogP contribution in [0, 0.1) is 5.41 Å². The quantitative estimate of drug-likeness (QED) is 0.639. The minimum absolute atomic E-state index is 0.0340. The number of sulfonamides is 1. The van der Waals surface area contributed by atoms with Gasteiger partial charge in [-0.05, 0) is 12.8 Å². The van der Waals surface area contributed by atoms with Crippen molar-refractivity contribution in [3.05, 3.63) is 0 Å². The fraction of sp³-hybridized carbons (Fsp3) is 0.900. The average molecular weight is 265 g/mol. The first-order valence-corrected chi connectivity index (χ1v) is 7.23. The number of hydrogen-bond acceptors (Lipinski definition) is 5. The van der Waals surface area contributed by atoms with Gasteiger partial charge in [-0.1, -0.05) is 12.8 Å². The molecule has 0 radical (unpaired) electrons. The average Bonchev–Trinajstić information content (AvgIpc) is 2.75. The number of carbonyl (C=O) groups is 1. The van der Waals surface area contributed by atoms with Crippen molar-refractivity contribution in [2.75, 3.05) is 26.0 Å². The summed E-state index contributed by atoms with van der Waals surface area (Å²) in [6, 6.07) is 0. The Labute approximate surface area is 101 Å². The smallest absolute Gasteiger partial charge is 0.322 e. The van der Waals surface area contributed by atoms with E-state index in [2.05, 4.69) is 9.46 Å². The summed E-state index contributed by atoms with van der Waals surface area (Å²) in [7, 11) is -2.52. The van der Waals surface area contributed by atoms with Gasteiger partial charge in [-0.2, -0.15) is 0 Å². The summed E-state index contributed by atoms with van der Waals surface area (Å²) in [6.07, 6.45) is 3.62. The number of esters is 1. The molecule has 7 heteroatoms. The molecule has 0 saturated heterocycles. The lowest BCUT2D eigenvalue weighted by molar-refractivity contribution is -0.137. The lowest BCUT2D eigenvalue weighted by Gasteiger charge is -2.26. The predicted octanol–water partition coefficient (Wildman–Crippen LogP) is -0.369. The van der Waals surface area contributed by atoms with E-state index >= 15 is 0 Å². The molecule has 0 spiro atoms. The van der Waals surface area contributed by atoms with Crippen molar-refractivity contribution in [2.45, 2.75) is 25.7 Å². The third-order valence-corrected chi connectivity index (χ3v) is 4.40. The fourth-order valence-corrected chi connectivity index (χ4v) is 3.10. The van der Waals surface area contributed by atoms with E-state index in [9.17, 15) is 18.3 Å². The minimum atomic E-state index is -3.66. The van der Waals surface area contributed by atoms with Crippen LogP contribution in [-0.2, 0) is 19.6 Å². The van der Waals surface area contributed by atoms with Gasteiger partial charge in [0.15, 0.2) is 5.75 Å². The van der Waals surface area contributed by atoms with Gasteiger partial charge in [0.25, 0.3) is 0 Å². The largest absolute Gasteiger partial charge is 0.468 e. The molecule has 0 aromatic rings. The van der Waals surface area contributed by atoms with Crippen molar-refractivity contribution in [3.8, 4) is 0 Å². The number of aliphatic hydroxyl groups excluding tert-OH is 1. The Morgan fingerprint density at radius 3 is 2.47 bits per heavy atom. The SMILES string of the molecule is COC(=O)CS(=O)(=O)NCC1(CO)CCCC1. The molecular formula is C10H19NO5S. The van der Waals surface area contributed by atoms with Gasteiger partial charge in [0, 0.05) is 18.6 Å². The Kier molecular flexibility index (Phi) is 4.91. The molecule has 1 saturated carbocycles. The first-order valence-electron chi connectivity index (χ1n) is 5.58. The van der Waals surface area contributed by atoms with Gasteiger partial charge >= 0.3 is 5.97 Å². The molecule has 2 N–H and O–H groups in total. The number of methoxy groups -OCH3 is 1. The van der Waals surface area contributed by atoms with E-state index < -0.39 is 21.7 Å². The molecule has 1 fully saturated rings. The van der Waals surface area contributed by atoms with E-state index in [0.29, 0.717) is 0 Å². The Bertz CT molecular complexity index is 359. The maximum atomic E-state index is 11.5. The van der Waals surface area contributed by atoms with Gasteiger partial charge in [0.2, 0.25) is 10.0 Å². The van der Waals surface area contributed by atoms with Crippen LogP contribution >= 0.6 is 0 Å². The highest BCUT2D eigenvalue weighted by atomic mass is 32.2. The lowest BCUT2D eigenvalue weighted by Crippen LogP contribution is -2.40. The molecule has 0 atom stereocenters. The van der Waals surface area contributed by atoms with E-state index in [4.69, 9.17) is 0 Å². The molecule has 6 nitrogen and oxygen atoms in total. The van der Waals surface area contributed by atoms with Crippen LogP contribution < -0.4 is 4.72 Å². The molecule has 0 bridgehead atoms. The highest BCUT2D eigenvalue weighted by Gasteiger charge is 2.34. The normalized spacial score (nSPS) is 19.2. The van der Waals surface area contributed by atoms with Crippen molar-refractivity contribution >= 4 is 16.0 Å². The van der Waals surface area contributed by atoms with Gasteiger partial charge in [-0.15, -0.1) is 0 Å². The monoisotopic (exact) mass is 265 g/mol. The number of hydrogen-bond donors (Lipinski definition) is 2. The maximum absolute atomic E-state index is 11.5. The molecule has 0 aromatic carbocycles. The third kappa shape index (κ3) is 4.25. The van der Waals surface area contributed by atoms with Gasteiger partial charge in [-0.25, -0.2) is 13.1 Å². The van der Waals surface area contributed by atoms with Crippen molar-refractivity contribution in [3.63, 3.8) is 0 Å². The zero-order valence-electron chi connectivity index (χ0n) is 9.94. The second-order valence-electron chi connectivity index (χ2n) is 4.52. The maximum Gasteiger partial charge on any atom is 0.322 e. The highest BCUT2D eigenvalue weighted by Crippen LogP contribution is 2.36. The van der Waals surface area contributed by atoms with Crippen LogP contribution in [0.3, 0.4) is 0 Å². The summed E-state index contributed by atoms with van der Waals surface area (Å²) in [5.41, 5.74) is -0.358. The van der Waals surface area contributed by atoms with Crippen molar-refractivity contribution in [2.24, 2.45) is 5.41 Å². The van der Waals surface area contributed by atoms with Crippen LogP contribution in [-0.4, -0.2) is 45.5 Å². The van der Waals surface area contributed by atoms with Crippen LogP contribution in [0.15, 0.2) is 0 Å². The number of carbonyl (C=O) groups excluding carboxylic acids is 1. The molecule has 1 aliphatic carbocycles. The Balaban J connectivity index is 2.51. The Hall–Kier alpha value is -0.660. The minimum Gasteiger partial charge on any atom is -0.468 e. The van der Waals surface area contributed by atoms with E-state index in [-0.39, 0.29) is 18.6 Å². The first kappa shape index (κ1) is 14.4. The van der Waals surface area contributed by atoms with Gasteiger partial charge < -0.3 is 9.84 Å². The Morgan fingerprint density at radius 2 is 2.00 bits per heavy atom. The van der Waals surface area contributed by atoms with Crippen molar-refractivity contribution in [1.29, 1.82) is 0 Å². The molecule has 0 heterocycles. The van der Waals surface area contributed by atoms with Crippen LogP contribution in [0.4, 0.5) is 0 Å². The van der Waals surface area contributed by atoms with E-state index in [1.807, 2.05) is 0 Å². The van der Waals surface area contributed by atoms with Crippen molar-refractivity contribution < 1.29 is 23.1 Å². The molecule has 1 aliphatic rings. The Morgan fingerprint density at radius 1 is 1.41 bits per heavy atom. The van der Waals surface area contributed by atoms with Gasteiger partial charge in [-0.3, -0.25) is 4.79 Å². The first-order chi connectivity index (χ1) is 7.93. The van der Waals surface area contributed by atoms with Crippen LogP contribution in [0.5, 0.6) is 0 Å².